The fraction of sp³-hybridized carbons (Fsp3) is 0.192. The summed E-state index contributed by atoms with van der Waals surface area (Å²) >= 11 is 0. The third kappa shape index (κ3) is 4.85. The third-order valence-corrected chi connectivity index (χ3v) is 5.43. The molecule has 8 heteroatoms. The van der Waals surface area contributed by atoms with Crippen LogP contribution < -0.4 is 19.1 Å². The molecule has 3 aromatic carbocycles. The molecular formula is C26H25N3O5. The molecule has 0 aliphatic carbocycles. The van der Waals surface area contributed by atoms with Crippen LogP contribution in [0.2, 0.25) is 0 Å². The van der Waals surface area contributed by atoms with Crippen LogP contribution in [0.1, 0.15) is 11.1 Å². The van der Waals surface area contributed by atoms with Crippen molar-refractivity contribution in [1.82, 2.24) is 9.97 Å². The molecule has 0 bridgehead atoms. The summed E-state index contributed by atoms with van der Waals surface area (Å²) in [6, 6.07) is 18.4. The Hall–Kier alpha value is -4.33. The first-order valence-electron chi connectivity index (χ1n) is 10.6. The number of rotatable bonds is 7. The van der Waals surface area contributed by atoms with E-state index in [2.05, 4.69) is 9.97 Å². The molecule has 0 atom stereocenters. The average molecular weight is 460 g/mol. The van der Waals surface area contributed by atoms with E-state index in [9.17, 15) is 4.79 Å². The molecule has 0 unspecified atom stereocenters. The van der Waals surface area contributed by atoms with E-state index < -0.39 is 6.09 Å². The number of hydrogen-bond donors (Lipinski definition) is 0. The Kier molecular flexibility index (Phi) is 6.77. The van der Waals surface area contributed by atoms with Gasteiger partial charge in [-0.25, -0.2) is 14.8 Å². The van der Waals surface area contributed by atoms with Crippen molar-refractivity contribution < 1.29 is 23.7 Å². The van der Waals surface area contributed by atoms with Crippen molar-refractivity contribution in [3.8, 4) is 23.1 Å². The van der Waals surface area contributed by atoms with Crippen LogP contribution in [0.25, 0.3) is 10.9 Å². The highest BCUT2D eigenvalue weighted by atomic mass is 16.6. The predicted octanol–water partition coefficient (Wildman–Crippen LogP) is 5.52. The van der Waals surface area contributed by atoms with Crippen molar-refractivity contribution >= 4 is 22.7 Å². The highest BCUT2D eigenvalue weighted by molar-refractivity contribution is 5.88. The number of carbonyl (C=O) groups excluding carboxylic acids is 1. The number of carbonyl (C=O) groups is 1. The van der Waals surface area contributed by atoms with Gasteiger partial charge in [0.1, 0.15) is 18.7 Å². The van der Waals surface area contributed by atoms with Crippen molar-refractivity contribution in [2.45, 2.75) is 13.5 Å². The summed E-state index contributed by atoms with van der Waals surface area (Å²) in [5.41, 5.74) is 3.38. The Morgan fingerprint density at radius 2 is 1.65 bits per heavy atom. The van der Waals surface area contributed by atoms with Crippen LogP contribution in [0.3, 0.4) is 0 Å². The molecule has 0 aliphatic rings. The topological polar surface area (TPSA) is 83.0 Å². The van der Waals surface area contributed by atoms with Gasteiger partial charge in [-0.15, -0.1) is 0 Å². The van der Waals surface area contributed by atoms with Gasteiger partial charge in [-0.3, -0.25) is 4.90 Å². The summed E-state index contributed by atoms with van der Waals surface area (Å²) in [6.45, 7) is 2.20. The fourth-order valence-corrected chi connectivity index (χ4v) is 3.40. The molecule has 0 spiro atoms. The second-order valence-electron chi connectivity index (χ2n) is 7.54. The van der Waals surface area contributed by atoms with Crippen LogP contribution in [0.4, 0.5) is 10.5 Å². The lowest BCUT2D eigenvalue weighted by molar-refractivity contribution is 0.148. The zero-order chi connectivity index (χ0) is 24.1. The first-order valence-corrected chi connectivity index (χ1v) is 10.6. The van der Waals surface area contributed by atoms with Crippen LogP contribution in [-0.4, -0.2) is 37.3 Å². The standard InChI is InChI=1S/C26H25N3O5/c1-17-7-5-6-8-18(17)15-33-26(30)29(2)19-9-11-20(12-10-19)34-25-21-13-23(31-3)24(32-4)14-22(21)27-16-28-25/h5-14,16H,15H2,1-4H3. The summed E-state index contributed by atoms with van der Waals surface area (Å²) in [5, 5.41) is 0.682. The second-order valence-corrected chi connectivity index (χ2v) is 7.54. The highest BCUT2D eigenvalue weighted by Gasteiger charge is 2.15. The number of nitrogens with zero attached hydrogens (tertiary/aromatic N) is 3. The van der Waals surface area contributed by atoms with Gasteiger partial charge in [0.2, 0.25) is 5.88 Å². The van der Waals surface area contributed by atoms with Gasteiger partial charge >= 0.3 is 6.09 Å². The largest absolute Gasteiger partial charge is 0.493 e. The number of aromatic nitrogens is 2. The molecule has 4 aromatic rings. The maximum Gasteiger partial charge on any atom is 0.414 e. The number of amides is 1. The van der Waals surface area contributed by atoms with Gasteiger partial charge in [0.25, 0.3) is 0 Å². The van der Waals surface area contributed by atoms with Crippen molar-refractivity contribution in [2.75, 3.05) is 26.2 Å². The van der Waals surface area contributed by atoms with E-state index >= 15 is 0 Å². The van der Waals surface area contributed by atoms with Gasteiger partial charge in [0, 0.05) is 18.8 Å². The molecule has 0 saturated carbocycles. The fourth-order valence-electron chi connectivity index (χ4n) is 3.40. The summed E-state index contributed by atoms with van der Waals surface area (Å²) < 4.78 is 22.2. The molecule has 4 rings (SSSR count). The van der Waals surface area contributed by atoms with Gasteiger partial charge in [-0.05, 0) is 48.4 Å². The zero-order valence-corrected chi connectivity index (χ0v) is 19.4. The van der Waals surface area contributed by atoms with Crippen LogP contribution in [0.15, 0.2) is 67.0 Å². The summed E-state index contributed by atoms with van der Waals surface area (Å²) in [4.78, 5) is 22.5. The van der Waals surface area contributed by atoms with E-state index in [1.807, 2.05) is 31.2 Å². The maximum atomic E-state index is 12.5. The minimum atomic E-state index is -0.445. The average Bonchev–Trinajstić information content (AvgIpc) is 2.87. The number of benzene rings is 3. The molecule has 1 amide bonds. The predicted molar refractivity (Wildman–Crippen MR) is 129 cm³/mol. The normalized spacial score (nSPS) is 10.6. The smallest absolute Gasteiger partial charge is 0.414 e. The van der Waals surface area contributed by atoms with Crippen LogP contribution >= 0.6 is 0 Å². The van der Waals surface area contributed by atoms with Gasteiger partial charge < -0.3 is 18.9 Å². The lowest BCUT2D eigenvalue weighted by atomic mass is 10.1. The molecule has 1 heterocycles. The number of aryl methyl sites for hydroxylation is 1. The van der Waals surface area contributed by atoms with Gasteiger partial charge in [0.05, 0.1) is 25.1 Å². The van der Waals surface area contributed by atoms with E-state index in [0.29, 0.717) is 39.7 Å². The Balaban J connectivity index is 1.47. The molecular weight excluding hydrogens is 434 g/mol. The SMILES string of the molecule is COc1cc2ncnc(Oc3ccc(N(C)C(=O)OCc4ccccc4C)cc3)c2cc1OC. The Labute approximate surface area is 197 Å². The quantitative estimate of drug-likeness (QED) is 0.360. The lowest BCUT2D eigenvalue weighted by Crippen LogP contribution is -2.26. The molecule has 0 saturated heterocycles. The molecule has 34 heavy (non-hydrogen) atoms. The Bertz CT molecular complexity index is 1310. The third-order valence-electron chi connectivity index (χ3n) is 5.43. The van der Waals surface area contributed by atoms with E-state index in [1.54, 1.807) is 57.7 Å². The van der Waals surface area contributed by atoms with E-state index in [-0.39, 0.29) is 6.61 Å². The van der Waals surface area contributed by atoms with Crippen molar-refractivity contribution in [1.29, 1.82) is 0 Å². The van der Waals surface area contributed by atoms with E-state index in [4.69, 9.17) is 18.9 Å². The molecule has 174 valence electrons. The van der Waals surface area contributed by atoms with E-state index in [1.165, 1.54) is 11.2 Å². The number of ether oxygens (including phenoxy) is 4. The number of anilines is 1. The van der Waals surface area contributed by atoms with Crippen LogP contribution in [0.5, 0.6) is 23.1 Å². The van der Waals surface area contributed by atoms with Crippen molar-refractivity contribution in [3.63, 3.8) is 0 Å². The Morgan fingerprint density at radius 3 is 2.35 bits per heavy atom. The molecule has 0 N–H and O–H groups in total. The van der Waals surface area contributed by atoms with E-state index in [0.717, 1.165) is 11.1 Å². The van der Waals surface area contributed by atoms with Crippen molar-refractivity contribution in [3.05, 3.63) is 78.1 Å². The summed E-state index contributed by atoms with van der Waals surface area (Å²) in [6.07, 6.45) is 0.982. The molecule has 0 fully saturated rings. The first kappa shape index (κ1) is 22.8. The minimum Gasteiger partial charge on any atom is -0.493 e. The minimum absolute atomic E-state index is 0.214. The highest BCUT2D eigenvalue weighted by Crippen LogP contribution is 2.36. The molecule has 0 aliphatic heterocycles. The van der Waals surface area contributed by atoms with Gasteiger partial charge in [-0.2, -0.15) is 0 Å². The molecule has 1 aromatic heterocycles. The van der Waals surface area contributed by atoms with Crippen molar-refractivity contribution in [2.24, 2.45) is 0 Å². The number of methoxy groups -OCH3 is 2. The summed E-state index contributed by atoms with van der Waals surface area (Å²) in [7, 11) is 4.79. The monoisotopic (exact) mass is 459 g/mol. The number of fused-ring (bicyclic) bond motifs is 1. The van der Waals surface area contributed by atoms with Crippen LogP contribution in [-0.2, 0) is 11.3 Å². The summed E-state index contributed by atoms with van der Waals surface area (Å²) in [5.74, 6) is 2.06. The van der Waals surface area contributed by atoms with Gasteiger partial charge in [-0.1, -0.05) is 24.3 Å². The first-order chi connectivity index (χ1) is 16.5. The molecule has 0 radical (unpaired) electrons. The zero-order valence-electron chi connectivity index (χ0n) is 19.4. The maximum absolute atomic E-state index is 12.5. The Morgan fingerprint density at radius 1 is 0.941 bits per heavy atom. The number of hydrogen-bond acceptors (Lipinski definition) is 7. The van der Waals surface area contributed by atoms with Crippen LogP contribution in [0, 0.1) is 6.92 Å². The second kappa shape index (κ2) is 10.1. The van der Waals surface area contributed by atoms with Gasteiger partial charge in [0.15, 0.2) is 11.5 Å². The lowest BCUT2D eigenvalue weighted by Gasteiger charge is -2.18. The molecule has 8 nitrogen and oxygen atoms in total.